The van der Waals surface area contributed by atoms with Gasteiger partial charge < -0.3 is 5.32 Å². The molecule has 2 heterocycles. The number of rotatable bonds is 6. The highest BCUT2D eigenvalue weighted by Crippen LogP contribution is 2.27. The minimum Gasteiger partial charge on any atom is -0.310 e. The predicted molar refractivity (Wildman–Crippen MR) is 89.3 cm³/mol. The molecule has 0 saturated carbocycles. The zero-order valence-corrected chi connectivity index (χ0v) is 14.9. The minimum atomic E-state index is 0.160. The van der Waals surface area contributed by atoms with E-state index in [1.165, 1.54) is 10.6 Å². The summed E-state index contributed by atoms with van der Waals surface area (Å²) in [6, 6.07) is 4.33. The second-order valence-electron chi connectivity index (χ2n) is 5.65. The zero-order chi connectivity index (χ0) is 14.8. The molecule has 0 bridgehead atoms. The van der Waals surface area contributed by atoms with Crippen LogP contribution in [0.3, 0.4) is 0 Å². The highest BCUT2D eigenvalue weighted by atomic mass is 79.9. The number of hydrogen-bond donors (Lipinski definition) is 1. The monoisotopic (exact) mass is 355 g/mol. The fourth-order valence-corrected chi connectivity index (χ4v) is 3.86. The SMILES string of the molecule is CCc1nn(C)c(CNCC(C)(C)c2cccs2)c1Br. The van der Waals surface area contributed by atoms with Gasteiger partial charge in [0.15, 0.2) is 0 Å². The molecular formula is C15H22BrN3S. The molecule has 2 rings (SSSR count). The van der Waals surface area contributed by atoms with E-state index in [1.54, 1.807) is 0 Å². The van der Waals surface area contributed by atoms with Crippen molar-refractivity contribution in [1.82, 2.24) is 15.1 Å². The molecule has 110 valence electrons. The topological polar surface area (TPSA) is 29.9 Å². The summed E-state index contributed by atoms with van der Waals surface area (Å²) in [6.07, 6.45) is 0.953. The first-order chi connectivity index (χ1) is 9.45. The third-order valence-corrected chi connectivity index (χ3v) is 5.70. The van der Waals surface area contributed by atoms with E-state index < -0.39 is 0 Å². The Labute approximate surface area is 133 Å². The summed E-state index contributed by atoms with van der Waals surface area (Å²) in [5, 5.41) is 10.2. The normalized spacial score (nSPS) is 12.1. The lowest BCUT2D eigenvalue weighted by Crippen LogP contribution is -2.32. The quantitative estimate of drug-likeness (QED) is 0.852. The van der Waals surface area contributed by atoms with Gasteiger partial charge in [-0.1, -0.05) is 26.8 Å². The molecule has 0 aliphatic carbocycles. The van der Waals surface area contributed by atoms with Crippen molar-refractivity contribution in [3.63, 3.8) is 0 Å². The van der Waals surface area contributed by atoms with E-state index in [2.05, 4.69) is 64.6 Å². The van der Waals surface area contributed by atoms with E-state index in [-0.39, 0.29) is 5.41 Å². The second kappa shape index (κ2) is 6.41. The summed E-state index contributed by atoms with van der Waals surface area (Å²) in [5.74, 6) is 0. The van der Waals surface area contributed by atoms with Gasteiger partial charge in [-0.3, -0.25) is 4.68 Å². The van der Waals surface area contributed by atoms with Gasteiger partial charge in [0.2, 0.25) is 0 Å². The van der Waals surface area contributed by atoms with Gasteiger partial charge in [0.05, 0.1) is 15.9 Å². The van der Waals surface area contributed by atoms with E-state index in [0.717, 1.165) is 29.7 Å². The second-order valence-corrected chi connectivity index (χ2v) is 7.39. The van der Waals surface area contributed by atoms with Gasteiger partial charge in [-0.15, -0.1) is 11.3 Å². The molecule has 0 unspecified atom stereocenters. The molecule has 0 aromatic carbocycles. The van der Waals surface area contributed by atoms with Crippen molar-refractivity contribution in [1.29, 1.82) is 0 Å². The lowest BCUT2D eigenvalue weighted by Gasteiger charge is -2.23. The Kier molecular flexibility index (Phi) is 5.04. The van der Waals surface area contributed by atoms with Gasteiger partial charge in [-0.25, -0.2) is 0 Å². The van der Waals surface area contributed by atoms with Crippen LogP contribution in [0.25, 0.3) is 0 Å². The van der Waals surface area contributed by atoms with Crippen LogP contribution in [0.15, 0.2) is 22.0 Å². The molecule has 0 aliphatic rings. The Bertz CT molecular complexity index is 558. The maximum Gasteiger partial charge on any atom is 0.0767 e. The fourth-order valence-electron chi connectivity index (χ4n) is 2.26. The maximum absolute atomic E-state index is 4.53. The average molecular weight is 356 g/mol. The van der Waals surface area contributed by atoms with Gasteiger partial charge in [0, 0.05) is 30.4 Å². The van der Waals surface area contributed by atoms with Crippen LogP contribution in [0, 0.1) is 0 Å². The Balaban J connectivity index is 1.98. The number of thiophene rings is 1. The van der Waals surface area contributed by atoms with Gasteiger partial charge in [-0.05, 0) is 33.8 Å². The van der Waals surface area contributed by atoms with Crippen molar-refractivity contribution in [2.24, 2.45) is 7.05 Å². The summed E-state index contributed by atoms with van der Waals surface area (Å²) in [7, 11) is 2.01. The Morgan fingerprint density at radius 2 is 2.20 bits per heavy atom. The van der Waals surface area contributed by atoms with Gasteiger partial charge in [0.25, 0.3) is 0 Å². The first-order valence-electron chi connectivity index (χ1n) is 6.90. The summed E-state index contributed by atoms with van der Waals surface area (Å²) >= 11 is 5.48. The molecule has 0 spiro atoms. The summed E-state index contributed by atoms with van der Waals surface area (Å²) in [5.41, 5.74) is 2.50. The van der Waals surface area contributed by atoms with Crippen molar-refractivity contribution in [2.75, 3.05) is 6.54 Å². The van der Waals surface area contributed by atoms with Crippen molar-refractivity contribution < 1.29 is 0 Å². The lowest BCUT2D eigenvalue weighted by atomic mass is 9.91. The first kappa shape index (κ1) is 15.7. The van der Waals surface area contributed by atoms with Crippen LogP contribution in [-0.4, -0.2) is 16.3 Å². The first-order valence-corrected chi connectivity index (χ1v) is 8.58. The van der Waals surface area contributed by atoms with Crippen molar-refractivity contribution in [3.8, 4) is 0 Å². The largest absolute Gasteiger partial charge is 0.310 e. The smallest absolute Gasteiger partial charge is 0.0767 e. The van der Waals surface area contributed by atoms with Crippen LogP contribution in [0.1, 0.15) is 37.0 Å². The molecule has 2 aromatic rings. The Hall–Kier alpha value is -0.650. The lowest BCUT2D eigenvalue weighted by molar-refractivity contribution is 0.469. The molecule has 0 atom stereocenters. The summed E-state index contributed by atoms with van der Waals surface area (Å²) in [4.78, 5) is 1.42. The maximum atomic E-state index is 4.53. The van der Waals surface area contributed by atoms with E-state index in [1.807, 2.05) is 23.1 Å². The standard InChI is InChI=1S/C15H22BrN3S/c1-5-11-14(16)12(19(4)18-11)9-17-10-15(2,3)13-7-6-8-20-13/h6-8,17H,5,9-10H2,1-4H3. The third kappa shape index (κ3) is 3.32. The van der Waals surface area contributed by atoms with Crippen molar-refractivity contribution in [2.45, 2.75) is 39.2 Å². The van der Waals surface area contributed by atoms with Crippen LogP contribution in [0.5, 0.6) is 0 Å². The number of hydrogen-bond acceptors (Lipinski definition) is 3. The summed E-state index contributed by atoms with van der Waals surface area (Å²) < 4.78 is 3.11. The minimum absolute atomic E-state index is 0.160. The van der Waals surface area contributed by atoms with Crippen LogP contribution in [-0.2, 0) is 25.4 Å². The molecule has 0 radical (unpaired) electrons. The molecule has 0 aliphatic heterocycles. The Morgan fingerprint density at radius 1 is 1.45 bits per heavy atom. The number of halogens is 1. The highest BCUT2D eigenvalue weighted by molar-refractivity contribution is 9.10. The van der Waals surface area contributed by atoms with Crippen LogP contribution in [0.2, 0.25) is 0 Å². The van der Waals surface area contributed by atoms with E-state index in [0.29, 0.717) is 0 Å². The van der Waals surface area contributed by atoms with Crippen molar-refractivity contribution in [3.05, 3.63) is 38.3 Å². The van der Waals surface area contributed by atoms with Gasteiger partial charge in [0.1, 0.15) is 0 Å². The van der Waals surface area contributed by atoms with Crippen LogP contribution in [0.4, 0.5) is 0 Å². The average Bonchev–Trinajstić information content (AvgIpc) is 3.01. The molecule has 5 heteroatoms. The zero-order valence-electron chi connectivity index (χ0n) is 12.5. The molecule has 1 N–H and O–H groups in total. The number of nitrogens with one attached hydrogen (secondary N) is 1. The third-order valence-electron chi connectivity index (χ3n) is 3.55. The molecule has 3 nitrogen and oxygen atoms in total. The van der Waals surface area contributed by atoms with E-state index >= 15 is 0 Å². The fraction of sp³-hybridized carbons (Fsp3) is 0.533. The van der Waals surface area contributed by atoms with Crippen molar-refractivity contribution >= 4 is 27.3 Å². The molecular weight excluding hydrogens is 334 g/mol. The molecule has 0 amide bonds. The van der Waals surface area contributed by atoms with E-state index in [4.69, 9.17) is 0 Å². The van der Waals surface area contributed by atoms with Crippen LogP contribution < -0.4 is 5.32 Å². The molecule has 20 heavy (non-hydrogen) atoms. The van der Waals surface area contributed by atoms with Crippen LogP contribution >= 0.6 is 27.3 Å². The number of aromatic nitrogens is 2. The van der Waals surface area contributed by atoms with Gasteiger partial charge in [-0.2, -0.15) is 5.10 Å². The van der Waals surface area contributed by atoms with Gasteiger partial charge >= 0.3 is 0 Å². The summed E-state index contributed by atoms with van der Waals surface area (Å²) in [6.45, 7) is 8.47. The molecule has 0 saturated heterocycles. The number of nitrogens with zero attached hydrogens (tertiary/aromatic N) is 2. The molecule has 2 aromatic heterocycles. The number of aryl methyl sites for hydroxylation is 2. The molecule has 0 fully saturated rings. The highest BCUT2D eigenvalue weighted by Gasteiger charge is 2.21. The van der Waals surface area contributed by atoms with E-state index in [9.17, 15) is 0 Å². The Morgan fingerprint density at radius 3 is 2.75 bits per heavy atom. The predicted octanol–water partition coefficient (Wildman–Crippen LogP) is 3.87.